The van der Waals surface area contributed by atoms with Crippen molar-refractivity contribution in [1.82, 2.24) is 8.87 Å². The van der Waals surface area contributed by atoms with E-state index in [-0.39, 0.29) is 17.1 Å². The van der Waals surface area contributed by atoms with Crippen LogP contribution in [0.1, 0.15) is 22.5 Å². The monoisotopic (exact) mass is 350 g/mol. The number of rotatable bonds is 8. The van der Waals surface area contributed by atoms with E-state index in [0.717, 1.165) is 5.56 Å². The number of hydrogen-bond donors (Lipinski definition) is 2. The first-order valence-corrected chi connectivity index (χ1v) is 9.00. The fourth-order valence-corrected chi connectivity index (χ4v) is 3.95. The van der Waals surface area contributed by atoms with Gasteiger partial charge >= 0.3 is 0 Å². The molecule has 0 saturated carbocycles. The Morgan fingerprint density at radius 2 is 1.92 bits per heavy atom. The maximum atomic E-state index is 13.0. The highest BCUT2D eigenvalue weighted by Crippen LogP contribution is 2.21. The molecule has 0 aliphatic carbocycles. The summed E-state index contributed by atoms with van der Waals surface area (Å²) in [5.41, 5.74) is 11.8. The SMILES string of the molecule is Cn1cc(S(=O)(=O)N(CCCN)Cc2ccccc2)cc1C(N)=O. The highest BCUT2D eigenvalue weighted by Gasteiger charge is 2.27. The van der Waals surface area contributed by atoms with Crippen LogP contribution in [0.3, 0.4) is 0 Å². The zero-order valence-corrected chi connectivity index (χ0v) is 14.4. The number of amides is 1. The fourth-order valence-electron chi connectivity index (χ4n) is 2.41. The minimum Gasteiger partial charge on any atom is -0.364 e. The molecule has 0 spiro atoms. The van der Waals surface area contributed by atoms with Crippen molar-refractivity contribution in [2.24, 2.45) is 18.5 Å². The molecule has 2 rings (SSSR count). The lowest BCUT2D eigenvalue weighted by Gasteiger charge is -2.21. The number of aryl methyl sites for hydroxylation is 1. The topological polar surface area (TPSA) is 111 Å². The summed E-state index contributed by atoms with van der Waals surface area (Å²) in [6.45, 7) is 0.931. The largest absolute Gasteiger partial charge is 0.364 e. The summed E-state index contributed by atoms with van der Waals surface area (Å²) in [7, 11) is -2.17. The second-order valence-corrected chi connectivity index (χ2v) is 7.44. The van der Waals surface area contributed by atoms with Crippen LogP contribution in [-0.4, -0.2) is 36.3 Å². The van der Waals surface area contributed by atoms with E-state index in [1.165, 1.54) is 21.1 Å². The smallest absolute Gasteiger partial charge is 0.265 e. The molecule has 1 aromatic heterocycles. The number of nitrogens with two attached hydrogens (primary N) is 2. The van der Waals surface area contributed by atoms with E-state index in [1.807, 2.05) is 30.3 Å². The lowest BCUT2D eigenvalue weighted by molar-refractivity contribution is 0.0992. The van der Waals surface area contributed by atoms with Crippen LogP contribution in [0.15, 0.2) is 47.5 Å². The Morgan fingerprint density at radius 1 is 1.25 bits per heavy atom. The van der Waals surface area contributed by atoms with Crippen LogP contribution in [0.5, 0.6) is 0 Å². The van der Waals surface area contributed by atoms with Crippen molar-refractivity contribution in [2.75, 3.05) is 13.1 Å². The van der Waals surface area contributed by atoms with Gasteiger partial charge in [-0.15, -0.1) is 0 Å². The standard InChI is InChI=1S/C16H22N4O3S/c1-19-12-14(10-15(19)16(18)21)24(22,23)20(9-5-8-17)11-13-6-3-2-4-7-13/h2-4,6-7,10,12H,5,8-9,11,17H2,1H3,(H2,18,21). The summed E-state index contributed by atoms with van der Waals surface area (Å²) in [6, 6.07) is 10.6. The summed E-state index contributed by atoms with van der Waals surface area (Å²) in [5, 5.41) is 0. The minimum absolute atomic E-state index is 0.0479. The van der Waals surface area contributed by atoms with E-state index in [9.17, 15) is 13.2 Å². The van der Waals surface area contributed by atoms with Crippen LogP contribution in [0.25, 0.3) is 0 Å². The molecule has 1 amide bonds. The number of benzene rings is 1. The van der Waals surface area contributed by atoms with Crippen molar-refractivity contribution >= 4 is 15.9 Å². The molecule has 1 heterocycles. The van der Waals surface area contributed by atoms with Gasteiger partial charge in [0.1, 0.15) is 10.6 Å². The van der Waals surface area contributed by atoms with E-state index < -0.39 is 15.9 Å². The molecule has 0 aliphatic heterocycles. The van der Waals surface area contributed by atoms with Gasteiger partial charge in [0.05, 0.1) is 0 Å². The first-order chi connectivity index (χ1) is 11.4. The van der Waals surface area contributed by atoms with E-state index >= 15 is 0 Å². The van der Waals surface area contributed by atoms with E-state index in [2.05, 4.69) is 0 Å². The highest BCUT2D eigenvalue weighted by atomic mass is 32.2. The van der Waals surface area contributed by atoms with Crippen LogP contribution in [0.4, 0.5) is 0 Å². The van der Waals surface area contributed by atoms with Crippen LogP contribution < -0.4 is 11.5 Å². The van der Waals surface area contributed by atoms with E-state index in [0.29, 0.717) is 19.5 Å². The molecular formula is C16H22N4O3S. The highest BCUT2D eigenvalue weighted by molar-refractivity contribution is 7.89. The van der Waals surface area contributed by atoms with Crippen LogP contribution in [0, 0.1) is 0 Å². The summed E-state index contributed by atoms with van der Waals surface area (Å²) in [6.07, 6.45) is 1.94. The number of sulfonamides is 1. The van der Waals surface area contributed by atoms with Gasteiger partial charge in [-0.2, -0.15) is 4.31 Å². The van der Waals surface area contributed by atoms with E-state index in [1.54, 1.807) is 7.05 Å². The summed E-state index contributed by atoms with van der Waals surface area (Å²) >= 11 is 0. The summed E-state index contributed by atoms with van der Waals surface area (Å²) in [5.74, 6) is -0.671. The molecule has 7 nitrogen and oxygen atoms in total. The summed E-state index contributed by atoms with van der Waals surface area (Å²) in [4.78, 5) is 11.4. The third-order valence-electron chi connectivity index (χ3n) is 3.68. The van der Waals surface area contributed by atoms with Gasteiger partial charge in [0.15, 0.2) is 0 Å². The van der Waals surface area contributed by atoms with E-state index in [4.69, 9.17) is 11.5 Å². The third kappa shape index (κ3) is 4.02. The number of nitrogens with zero attached hydrogens (tertiary/aromatic N) is 2. The quantitative estimate of drug-likeness (QED) is 0.728. The molecule has 0 unspecified atom stereocenters. The minimum atomic E-state index is -3.76. The van der Waals surface area contributed by atoms with Crippen LogP contribution >= 0.6 is 0 Å². The van der Waals surface area contributed by atoms with Gasteiger partial charge in [-0.3, -0.25) is 4.79 Å². The number of carbonyl (C=O) groups is 1. The van der Waals surface area contributed by atoms with Crippen molar-refractivity contribution in [3.05, 3.63) is 53.9 Å². The predicted octanol–water partition coefficient (Wildman–Crippen LogP) is 0.664. The molecule has 1 aromatic carbocycles. The second kappa shape index (κ2) is 7.61. The molecule has 0 bridgehead atoms. The maximum Gasteiger partial charge on any atom is 0.265 e. The van der Waals surface area contributed by atoms with Crippen LogP contribution in [-0.2, 0) is 23.6 Å². The van der Waals surface area contributed by atoms with Crippen molar-refractivity contribution in [1.29, 1.82) is 0 Å². The van der Waals surface area contributed by atoms with Gasteiger partial charge < -0.3 is 16.0 Å². The Morgan fingerprint density at radius 3 is 2.46 bits per heavy atom. The first kappa shape index (κ1) is 18.2. The van der Waals surface area contributed by atoms with Crippen LogP contribution in [0.2, 0.25) is 0 Å². The Balaban J connectivity index is 2.36. The average Bonchev–Trinajstić information content (AvgIpc) is 2.95. The van der Waals surface area contributed by atoms with Gasteiger partial charge in [-0.1, -0.05) is 30.3 Å². The van der Waals surface area contributed by atoms with Crippen molar-refractivity contribution in [2.45, 2.75) is 17.9 Å². The molecule has 4 N–H and O–H groups in total. The van der Waals surface area contributed by atoms with Gasteiger partial charge in [0.25, 0.3) is 5.91 Å². The Labute approximate surface area is 141 Å². The molecule has 0 radical (unpaired) electrons. The number of carbonyl (C=O) groups excluding carboxylic acids is 1. The molecule has 0 aliphatic rings. The predicted molar refractivity (Wildman–Crippen MR) is 91.6 cm³/mol. The first-order valence-electron chi connectivity index (χ1n) is 7.56. The lowest BCUT2D eigenvalue weighted by atomic mass is 10.2. The third-order valence-corrected chi connectivity index (χ3v) is 5.49. The Hall–Kier alpha value is -2.16. The molecule has 0 atom stereocenters. The van der Waals surface area contributed by atoms with Crippen molar-refractivity contribution < 1.29 is 13.2 Å². The van der Waals surface area contributed by atoms with Crippen molar-refractivity contribution in [3.63, 3.8) is 0 Å². The molecule has 8 heteroatoms. The van der Waals surface area contributed by atoms with Crippen molar-refractivity contribution in [3.8, 4) is 0 Å². The molecule has 24 heavy (non-hydrogen) atoms. The molecule has 130 valence electrons. The number of hydrogen-bond acceptors (Lipinski definition) is 4. The molecule has 0 saturated heterocycles. The van der Waals surface area contributed by atoms with Gasteiger partial charge in [-0.05, 0) is 24.6 Å². The molecule has 0 fully saturated rings. The number of aromatic nitrogens is 1. The maximum absolute atomic E-state index is 13.0. The Bertz CT molecular complexity index is 800. The molecular weight excluding hydrogens is 328 g/mol. The zero-order chi connectivity index (χ0) is 17.7. The second-order valence-electron chi connectivity index (χ2n) is 5.50. The summed E-state index contributed by atoms with van der Waals surface area (Å²) < 4.78 is 28.7. The Kier molecular flexibility index (Phi) is 5.76. The normalized spacial score (nSPS) is 11.8. The zero-order valence-electron chi connectivity index (χ0n) is 13.6. The van der Waals surface area contributed by atoms with Gasteiger partial charge in [0.2, 0.25) is 10.0 Å². The average molecular weight is 350 g/mol. The number of primary amides is 1. The molecule has 2 aromatic rings. The van der Waals surface area contributed by atoms with Gasteiger partial charge in [-0.25, -0.2) is 8.42 Å². The van der Waals surface area contributed by atoms with Gasteiger partial charge in [0, 0.05) is 26.3 Å². The fraction of sp³-hybridized carbons (Fsp3) is 0.312. The lowest BCUT2D eigenvalue weighted by Crippen LogP contribution is -2.32.